The standard InChI is InChI=1S/C19H17N5O2/c1-12-2-7-16-15(10-12)22-19(24(16)9-8-17(21)25)23-18(26)14-5-3-13(11-20)4-6-14/h2-7,10H,8-9H2,1H3,(H2,21,25)(H,22,23,26). The highest BCUT2D eigenvalue weighted by atomic mass is 16.2. The Hall–Kier alpha value is -3.66. The summed E-state index contributed by atoms with van der Waals surface area (Å²) in [6.45, 7) is 2.27. The van der Waals surface area contributed by atoms with Crippen molar-refractivity contribution in [3.8, 4) is 6.07 Å². The summed E-state index contributed by atoms with van der Waals surface area (Å²) in [5.74, 6) is -0.425. The van der Waals surface area contributed by atoms with Gasteiger partial charge in [0.2, 0.25) is 11.9 Å². The fourth-order valence-corrected chi connectivity index (χ4v) is 2.65. The number of hydrogen-bond donors (Lipinski definition) is 2. The number of carbonyl (C=O) groups excluding carboxylic acids is 2. The summed E-state index contributed by atoms with van der Waals surface area (Å²) in [4.78, 5) is 28.2. The van der Waals surface area contributed by atoms with Crippen LogP contribution in [-0.2, 0) is 11.3 Å². The summed E-state index contributed by atoms with van der Waals surface area (Å²) >= 11 is 0. The highest BCUT2D eigenvalue weighted by Crippen LogP contribution is 2.22. The summed E-state index contributed by atoms with van der Waals surface area (Å²) in [6, 6.07) is 14.1. The lowest BCUT2D eigenvalue weighted by Crippen LogP contribution is -2.18. The molecule has 0 spiro atoms. The molecule has 0 aliphatic heterocycles. The summed E-state index contributed by atoms with van der Waals surface area (Å²) in [5, 5.41) is 11.6. The van der Waals surface area contributed by atoms with Gasteiger partial charge in [-0.1, -0.05) is 6.07 Å². The van der Waals surface area contributed by atoms with Gasteiger partial charge in [-0.3, -0.25) is 14.9 Å². The van der Waals surface area contributed by atoms with E-state index in [2.05, 4.69) is 10.3 Å². The number of rotatable bonds is 5. The van der Waals surface area contributed by atoms with Crippen molar-refractivity contribution < 1.29 is 9.59 Å². The number of primary amides is 1. The zero-order chi connectivity index (χ0) is 18.7. The van der Waals surface area contributed by atoms with Gasteiger partial charge in [-0.15, -0.1) is 0 Å². The van der Waals surface area contributed by atoms with E-state index >= 15 is 0 Å². The van der Waals surface area contributed by atoms with Gasteiger partial charge in [-0.05, 0) is 48.9 Å². The number of anilines is 1. The van der Waals surface area contributed by atoms with Crippen LogP contribution in [0, 0.1) is 18.3 Å². The Balaban J connectivity index is 1.94. The Labute approximate surface area is 150 Å². The van der Waals surface area contributed by atoms with E-state index in [4.69, 9.17) is 11.0 Å². The molecule has 1 heterocycles. The van der Waals surface area contributed by atoms with Gasteiger partial charge in [0.05, 0.1) is 22.7 Å². The number of benzene rings is 2. The fourth-order valence-electron chi connectivity index (χ4n) is 2.65. The first-order valence-electron chi connectivity index (χ1n) is 8.04. The second-order valence-corrected chi connectivity index (χ2v) is 5.94. The first-order valence-corrected chi connectivity index (χ1v) is 8.04. The first kappa shape index (κ1) is 17.2. The van der Waals surface area contributed by atoms with Crippen LogP contribution in [-0.4, -0.2) is 21.4 Å². The zero-order valence-electron chi connectivity index (χ0n) is 14.2. The Morgan fingerprint density at radius 1 is 1.23 bits per heavy atom. The smallest absolute Gasteiger partial charge is 0.257 e. The molecular weight excluding hydrogens is 330 g/mol. The summed E-state index contributed by atoms with van der Waals surface area (Å²) in [7, 11) is 0. The van der Waals surface area contributed by atoms with Gasteiger partial charge < -0.3 is 10.3 Å². The van der Waals surface area contributed by atoms with Crippen molar-refractivity contribution in [2.45, 2.75) is 19.9 Å². The van der Waals surface area contributed by atoms with Crippen molar-refractivity contribution in [2.75, 3.05) is 5.32 Å². The molecule has 0 atom stereocenters. The SMILES string of the molecule is Cc1ccc2c(c1)nc(NC(=O)c1ccc(C#N)cc1)n2CCC(N)=O. The number of imidazole rings is 1. The lowest BCUT2D eigenvalue weighted by Gasteiger charge is -2.09. The second kappa shape index (κ2) is 7.07. The molecule has 1 aromatic heterocycles. The van der Waals surface area contributed by atoms with Gasteiger partial charge in [0.15, 0.2) is 0 Å². The topological polar surface area (TPSA) is 114 Å². The highest BCUT2D eigenvalue weighted by molar-refractivity contribution is 6.04. The molecule has 0 fully saturated rings. The van der Waals surface area contributed by atoms with Crippen LogP contribution >= 0.6 is 0 Å². The molecule has 3 aromatic rings. The molecule has 2 aromatic carbocycles. The maximum Gasteiger partial charge on any atom is 0.257 e. The van der Waals surface area contributed by atoms with E-state index in [1.54, 1.807) is 28.8 Å². The molecule has 7 heteroatoms. The number of nitrogens with zero attached hydrogens (tertiary/aromatic N) is 3. The van der Waals surface area contributed by atoms with E-state index in [0.29, 0.717) is 23.6 Å². The van der Waals surface area contributed by atoms with Gasteiger partial charge in [-0.2, -0.15) is 5.26 Å². The van der Waals surface area contributed by atoms with Crippen molar-refractivity contribution in [1.29, 1.82) is 5.26 Å². The molecule has 0 saturated carbocycles. The molecular formula is C19H17N5O2. The zero-order valence-corrected chi connectivity index (χ0v) is 14.2. The van der Waals surface area contributed by atoms with Crippen LogP contribution in [0.2, 0.25) is 0 Å². The van der Waals surface area contributed by atoms with Crippen molar-refractivity contribution in [3.05, 3.63) is 59.2 Å². The normalized spacial score (nSPS) is 10.5. The Bertz CT molecular complexity index is 1030. The van der Waals surface area contributed by atoms with Gasteiger partial charge in [0.1, 0.15) is 0 Å². The lowest BCUT2D eigenvalue weighted by molar-refractivity contribution is -0.118. The predicted octanol–water partition coefficient (Wildman–Crippen LogP) is 2.34. The number of aromatic nitrogens is 2. The molecule has 0 radical (unpaired) electrons. The molecule has 3 rings (SSSR count). The van der Waals surface area contributed by atoms with Gasteiger partial charge >= 0.3 is 0 Å². The highest BCUT2D eigenvalue weighted by Gasteiger charge is 2.15. The van der Waals surface area contributed by atoms with E-state index in [0.717, 1.165) is 16.6 Å². The number of fused-ring (bicyclic) bond motifs is 1. The average Bonchev–Trinajstić information content (AvgIpc) is 2.95. The van der Waals surface area contributed by atoms with Crippen molar-refractivity contribution in [2.24, 2.45) is 5.73 Å². The molecule has 3 N–H and O–H groups in total. The third-order valence-electron chi connectivity index (χ3n) is 3.99. The molecule has 7 nitrogen and oxygen atoms in total. The predicted molar refractivity (Wildman–Crippen MR) is 97.4 cm³/mol. The minimum atomic E-state index is -0.427. The molecule has 0 unspecified atom stereocenters. The molecule has 0 bridgehead atoms. The van der Waals surface area contributed by atoms with E-state index in [-0.39, 0.29) is 12.3 Å². The van der Waals surface area contributed by atoms with Gasteiger partial charge in [0.25, 0.3) is 5.91 Å². The minimum Gasteiger partial charge on any atom is -0.370 e. The second-order valence-electron chi connectivity index (χ2n) is 5.94. The third kappa shape index (κ3) is 3.54. The largest absolute Gasteiger partial charge is 0.370 e. The monoisotopic (exact) mass is 347 g/mol. The Morgan fingerprint density at radius 2 is 1.96 bits per heavy atom. The average molecular weight is 347 g/mol. The van der Waals surface area contributed by atoms with E-state index in [1.807, 2.05) is 31.2 Å². The van der Waals surface area contributed by atoms with Crippen LogP contribution in [0.5, 0.6) is 0 Å². The van der Waals surface area contributed by atoms with Crippen LogP contribution in [0.15, 0.2) is 42.5 Å². The summed E-state index contributed by atoms with van der Waals surface area (Å²) < 4.78 is 1.76. The number of nitriles is 1. The third-order valence-corrected chi connectivity index (χ3v) is 3.99. The van der Waals surface area contributed by atoms with E-state index < -0.39 is 5.91 Å². The van der Waals surface area contributed by atoms with Crippen molar-refractivity contribution in [3.63, 3.8) is 0 Å². The van der Waals surface area contributed by atoms with Crippen LogP contribution in [0.3, 0.4) is 0 Å². The van der Waals surface area contributed by atoms with Gasteiger partial charge in [0, 0.05) is 18.5 Å². The number of nitrogens with two attached hydrogens (primary N) is 1. The number of aryl methyl sites for hydroxylation is 2. The van der Waals surface area contributed by atoms with Crippen LogP contribution < -0.4 is 11.1 Å². The quantitative estimate of drug-likeness (QED) is 0.737. The number of hydrogen-bond acceptors (Lipinski definition) is 4. The fraction of sp³-hybridized carbons (Fsp3) is 0.158. The summed E-state index contributed by atoms with van der Waals surface area (Å²) in [5.41, 5.74) is 8.73. The molecule has 0 saturated heterocycles. The maximum absolute atomic E-state index is 12.5. The van der Waals surface area contributed by atoms with E-state index in [9.17, 15) is 9.59 Å². The van der Waals surface area contributed by atoms with E-state index in [1.165, 1.54) is 0 Å². The van der Waals surface area contributed by atoms with Crippen LogP contribution in [0.25, 0.3) is 11.0 Å². The number of amides is 2. The Morgan fingerprint density at radius 3 is 2.62 bits per heavy atom. The minimum absolute atomic E-state index is 0.138. The van der Waals surface area contributed by atoms with Crippen LogP contribution in [0.4, 0.5) is 5.95 Å². The molecule has 0 aliphatic rings. The molecule has 130 valence electrons. The number of carbonyl (C=O) groups is 2. The van der Waals surface area contributed by atoms with Crippen molar-refractivity contribution in [1.82, 2.24) is 9.55 Å². The first-order chi connectivity index (χ1) is 12.5. The summed E-state index contributed by atoms with van der Waals surface area (Å²) in [6.07, 6.45) is 0.138. The van der Waals surface area contributed by atoms with Crippen molar-refractivity contribution >= 4 is 28.8 Å². The van der Waals surface area contributed by atoms with Gasteiger partial charge in [-0.25, -0.2) is 4.98 Å². The maximum atomic E-state index is 12.5. The Kier molecular flexibility index (Phi) is 4.67. The lowest BCUT2D eigenvalue weighted by atomic mass is 10.1. The number of nitrogens with one attached hydrogen (secondary N) is 1. The molecule has 2 amide bonds. The van der Waals surface area contributed by atoms with Crippen LogP contribution in [0.1, 0.15) is 27.9 Å². The molecule has 0 aliphatic carbocycles. The molecule has 26 heavy (non-hydrogen) atoms.